The maximum absolute atomic E-state index is 4.14. The van der Waals surface area contributed by atoms with Crippen LogP contribution < -0.4 is 5.73 Å². The molecule has 0 heterocycles. The molecule has 2 nitrogen and oxygen atoms in total. The Bertz CT molecular complexity index is 287. The third kappa shape index (κ3) is 2.54. The monoisotopic (exact) mass is 181 g/mol. The number of benzene rings is 1. The second-order valence-electron chi connectivity index (χ2n) is 4.13. The molecule has 0 unspecified atom stereocenters. The van der Waals surface area contributed by atoms with Crippen molar-refractivity contribution in [2.45, 2.75) is 33.2 Å². The van der Waals surface area contributed by atoms with Crippen LogP contribution in [0, 0.1) is 13.8 Å². The van der Waals surface area contributed by atoms with Gasteiger partial charge in [0.15, 0.2) is 0 Å². The molecule has 0 saturated carbocycles. The van der Waals surface area contributed by atoms with Crippen molar-refractivity contribution in [1.82, 2.24) is 0 Å². The van der Waals surface area contributed by atoms with Gasteiger partial charge in [-0.05, 0) is 38.8 Å². The van der Waals surface area contributed by atoms with E-state index in [0.29, 0.717) is 0 Å². The Balaban J connectivity index is 0.00000144. The minimum absolute atomic E-state index is 0. The minimum Gasteiger partial charge on any atom is -0.870 e. The van der Waals surface area contributed by atoms with Gasteiger partial charge in [0.2, 0.25) is 0 Å². The molecule has 0 aliphatic rings. The normalized spacial score (nSPS) is 10.8. The Morgan fingerprint density at radius 2 is 1.69 bits per heavy atom. The molecular formula is C11H19NO. The van der Waals surface area contributed by atoms with Gasteiger partial charge >= 0.3 is 0 Å². The van der Waals surface area contributed by atoms with Gasteiger partial charge in [-0.15, -0.1) is 0 Å². The minimum atomic E-state index is 0. The first kappa shape index (κ1) is 12.1. The Labute approximate surface area is 80.1 Å². The van der Waals surface area contributed by atoms with Crippen LogP contribution in [0.25, 0.3) is 0 Å². The van der Waals surface area contributed by atoms with Crippen molar-refractivity contribution in [3.05, 3.63) is 34.9 Å². The third-order valence-electron chi connectivity index (χ3n) is 2.33. The van der Waals surface area contributed by atoms with Gasteiger partial charge < -0.3 is 11.2 Å². The summed E-state index contributed by atoms with van der Waals surface area (Å²) in [5.74, 6) is 0. The summed E-state index contributed by atoms with van der Waals surface area (Å²) >= 11 is 0. The van der Waals surface area contributed by atoms with Gasteiger partial charge in [-0.1, -0.05) is 18.2 Å². The predicted molar refractivity (Wildman–Crippen MR) is 53.8 cm³/mol. The van der Waals surface area contributed by atoms with E-state index in [1.165, 1.54) is 16.7 Å². The Kier molecular flexibility index (Phi) is 3.64. The zero-order valence-corrected chi connectivity index (χ0v) is 8.89. The van der Waals surface area contributed by atoms with Crippen LogP contribution >= 0.6 is 0 Å². The summed E-state index contributed by atoms with van der Waals surface area (Å²) < 4.78 is 0. The highest BCUT2D eigenvalue weighted by Gasteiger charge is 2.20. The average Bonchev–Trinajstić information content (AvgIpc) is 1.92. The quantitative estimate of drug-likeness (QED) is 0.703. The fourth-order valence-corrected chi connectivity index (χ4v) is 1.48. The first-order valence-corrected chi connectivity index (χ1v) is 4.35. The molecule has 0 atom stereocenters. The van der Waals surface area contributed by atoms with E-state index in [1.54, 1.807) is 0 Å². The molecule has 13 heavy (non-hydrogen) atoms. The van der Waals surface area contributed by atoms with Gasteiger partial charge in [0.05, 0.1) is 0 Å². The van der Waals surface area contributed by atoms with Crippen molar-refractivity contribution in [2.75, 3.05) is 0 Å². The first-order chi connectivity index (χ1) is 5.43. The fourth-order valence-electron chi connectivity index (χ4n) is 1.48. The van der Waals surface area contributed by atoms with Gasteiger partial charge in [-0.3, -0.25) is 0 Å². The summed E-state index contributed by atoms with van der Waals surface area (Å²) in [6, 6.07) is 6.41. The van der Waals surface area contributed by atoms with Crippen LogP contribution in [0.15, 0.2) is 18.2 Å². The van der Waals surface area contributed by atoms with Crippen molar-refractivity contribution < 1.29 is 11.2 Å². The molecule has 1 rings (SSSR count). The van der Waals surface area contributed by atoms with E-state index in [0.717, 1.165) is 0 Å². The lowest BCUT2D eigenvalue weighted by Crippen LogP contribution is -2.66. The molecular weight excluding hydrogens is 162 g/mol. The van der Waals surface area contributed by atoms with E-state index in [4.69, 9.17) is 0 Å². The topological polar surface area (TPSA) is 57.6 Å². The van der Waals surface area contributed by atoms with E-state index >= 15 is 0 Å². The van der Waals surface area contributed by atoms with Gasteiger partial charge in [0, 0.05) is 5.56 Å². The molecule has 2 heteroatoms. The molecule has 4 N–H and O–H groups in total. The summed E-state index contributed by atoms with van der Waals surface area (Å²) in [5, 5.41) is 0. The predicted octanol–water partition coefficient (Wildman–Crippen LogP) is 1.60. The highest BCUT2D eigenvalue weighted by Crippen LogP contribution is 2.21. The summed E-state index contributed by atoms with van der Waals surface area (Å²) in [5.41, 5.74) is 8.24. The van der Waals surface area contributed by atoms with Crippen molar-refractivity contribution in [3.63, 3.8) is 0 Å². The smallest absolute Gasteiger partial charge is 0.115 e. The number of quaternary nitrogens is 1. The molecule has 0 spiro atoms. The largest absolute Gasteiger partial charge is 0.870 e. The lowest BCUT2D eigenvalue weighted by atomic mass is 9.89. The highest BCUT2D eigenvalue weighted by molar-refractivity contribution is 5.35. The molecule has 0 radical (unpaired) electrons. The highest BCUT2D eigenvalue weighted by atomic mass is 16.0. The third-order valence-corrected chi connectivity index (χ3v) is 2.33. The van der Waals surface area contributed by atoms with Gasteiger partial charge in [0.25, 0.3) is 0 Å². The van der Waals surface area contributed by atoms with Crippen LogP contribution in [0.2, 0.25) is 0 Å². The Morgan fingerprint density at radius 1 is 1.15 bits per heavy atom. The maximum atomic E-state index is 4.14. The molecule has 0 bridgehead atoms. The molecule has 1 aromatic carbocycles. The molecule has 0 amide bonds. The molecule has 1 aromatic rings. The molecule has 74 valence electrons. The van der Waals surface area contributed by atoms with Crippen molar-refractivity contribution in [1.29, 1.82) is 0 Å². The summed E-state index contributed by atoms with van der Waals surface area (Å²) in [4.78, 5) is 0. The summed E-state index contributed by atoms with van der Waals surface area (Å²) in [7, 11) is 0. The van der Waals surface area contributed by atoms with Crippen molar-refractivity contribution in [2.24, 2.45) is 0 Å². The fraction of sp³-hybridized carbons (Fsp3) is 0.455. The lowest BCUT2D eigenvalue weighted by Gasteiger charge is -2.19. The number of hydrogen-bond acceptors (Lipinski definition) is 1. The Hall–Kier alpha value is -0.860. The molecule has 0 aromatic heterocycles. The van der Waals surface area contributed by atoms with E-state index in [9.17, 15) is 0 Å². The number of rotatable bonds is 1. The van der Waals surface area contributed by atoms with E-state index < -0.39 is 0 Å². The number of aryl methyl sites for hydroxylation is 1. The van der Waals surface area contributed by atoms with Crippen LogP contribution in [0.5, 0.6) is 0 Å². The maximum Gasteiger partial charge on any atom is 0.115 e. The van der Waals surface area contributed by atoms with Crippen LogP contribution in [-0.4, -0.2) is 5.48 Å². The van der Waals surface area contributed by atoms with Crippen LogP contribution in [0.1, 0.15) is 30.5 Å². The SMILES string of the molecule is Cc1cccc(C(C)(C)[NH3+])c1C.[OH-]. The van der Waals surface area contributed by atoms with Gasteiger partial charge in [0.1, 0.15) is 5.54 Å². The summed E-state index contributed by atoms with van der Waals surface area (Å²) in [6.45, 7) is 8.60. The first-order valence-electron chi connectivity index (χ1n) is 4.35. The van der Waals surface area contributed by atoms with E-state index in [1.807, 2.05) is 0 Å². The molecule has 0 saturated heterocycles. The average molecular weight is 181 g/mol. The second kappa shape index (κ2) is 3.90. The molecule has 0 fully saturated rings. The zero-order valence-electron chi connectivity index (χ0n) is 8.89. The standard InChI is InChI=1S/C11H17N.H2O/c1-8-6-5-7-10(9(8)2)11(3,4)12;/h5-7H,12H2,1-4H3;1H2. The van der Waals surface area contributed by atoms with Crippen LogP contribution in [-0.2, 0) is 5.54 Å². The lowest BCUT2D eigenvalue weighted by molar-refractivity contribution is -0.475. The second-order valence-corrected chi connectivity index (χ2v) is 4.13. The number of hydrogen-bond donors (Lipinski definition) is 1. The van der Waals surface area contributed by atoms with Crippen molar-refractivity contribution in [3.8, 4) is 0 Å². The van der Waals surface area contributed by atoms with E-state index in [-0.39, 0.29) is 11.0 Å². The van der Waals surface area contributed by atoms with Crippen LogP contribution in [0.4, 0.5) is 0 Å². The van der Waals surface area contributed by atoms with E-state index in [2.05, 4.69) is 51.6 Å². The summed E-state index contributed by atoms with van der Waals surface area (Å²) in [6.07, 6.45) is 0. The molecule has 0 aliphatic heterocycles. The van der Waals surface area contributed by atoms with Crippen molar-refractivity contribution >= 4 is 0 Å². The van der Waals surface area contributed by atoms with Crippen LogP contribution in [0.3, 0.4) is 0 Å². The van der Waals surface area contributed by atoms with Gasteiger partial charge in [-0.25, -0.2) is 0 Å². The molecule has 0 aliphatic carbocycles. The Morgan fingerprint density at radius 3 is 2.08 bits per heavy atom. The van der Waals surface area contributed by atoms with Gasteiger partial charge in [-0.2, -0.15) is 0 Å². The zero-order chi connectivity index (χ0) is 9.35.